The summed E-state index contributed by atoms with van der Waals surface area (Å²) < 4.78 is 10.4. The summed E-state index contributed by atoms with van der Waals surface area (Å²) in [4.78, 5) is 24.1. The number of hydrogen-bond acceptors (Lipinski definition) is 4. The van der Waals surface area contributed by atoms with Crippen molar-refractivity contribution < 1.29 is 19.1 Å². The van der Waals surface area contributed by atoms with Gasteiger partial charge in [0.15, 0.2) is 0 Å². The summed E-state index contributed by atoms with van der Waals surface area (Å²) in [6.07, 6.45) is 4.70. The van der Waals surface area contributed by atoms with E-state index in [9.17, 15) is 9.59 Å². The minimum atomic E-state index is -0.644. The highest BCUT2D eigenvalue weighted by molar-refractivity contribution is 5.81. The van der Waals surface area contributed by atoms with Gasteiger partial charge in [-0.25, -0.2) is 9.59 Å². The monoisotopic (exact) mass is 335 g/mol. The molecule has 1 rings (SSSR count). The molecule has 134 valence electrons. The highest BCUT2D eigenvalue weighted by Gasteiger charge is 2.22. The second-order valence-corrected chi connectivity index (χ2v) is 5.78. The number of hydrogen-bond donors (Lipinski definition) is 1. The zero-order valence-corrected chi connectivity index (χ0v) is 14.8. The fraction of sp³-hybridized carbons (Fsp3) is 0.579. The minimum Gasteiger partial charge on any atom is -0.464 e. The molecular weight excluding hydrogens is 306 g/mol. The van der Waals surface area contributed by atoms with E-state index in [1.165, 1.54) is 0 Å². The van der Waals surface area contributed by atoms with E-state index in [1.807, 2.05) is 37.3 Å². The first-order valence-electron chi connectivity index (χ1n) is 8.81. The van der Waals surface area contributed by atoms with Gasteiger partial charge in [-0.15, -0.1) is 0 Å². The van der Waals surface area contributed by atoms with Gasteiger partial charge in [0.05, 0.1) is 6.61 Å². The molecule has 0 spiro atoms. The van der Waals surface area contributed by atoms with Crippen LogP contribution in [-0.2, 0) is 20.9 Å². The van der Waals surface area contributed by atoms with Gasteiger partial charge in [-0.1, -0.05) is 69.9 Å². The lowest BCUT2D eigenvalue weighted by atomic mass is 10.1. The fourth-order valence-electron chi connectivity index (χ4n) is 2.19. The Kier molecular flexibility index (Phi) is 10.3. The molecule has 0 saturated carbocycles. The molecule has 1 aromatic rings. The Morgan fingerprint density at radius 1 is 1.00 bits per heavy atom. The van der Waals surface area contributed by atoms with E-state index in [-0.39, 0.29) is 12.6 Å². The molecule has 1 unspecified atom stereocenters. The second-order valence-electron chi connectivity index (χ2n) is 5.78. The molecule has 0 aromatic heterocycles. The molecule has 1 aromatic carbocycles. The third-order valence-electron chi connectivity index (χ3n) is 3.63. The first-order valence-corrected chi connectivity index (χ1v) is 8.81. The van der Waals surface area contributed by atoms with Crippen molar-refractivity contribution in [2.45, 2.75) is 65.0 Å². The molecule has 5 heteroatoms. The van der Waals surface area contributed by atoms with Gasteiger partial charge >= 0.3 is 12.1 Å². The number of unbranched alkanes of at least 4 members (excludes halogenated alkanes) is 3. The molecule has 0 radical (unpaired) electrons. The molecule has 5 nitrogen and oxygen atoms in total. The topological polar surface area (TPSA) is 64.6 Å². The van der Waals surface area contributed by atoms with E-state index in [1.54, 1.807) is 0 Å². The van der Waals surface area contributed by atoms with Crippen LogP contribution >= 0.6 is 0 Å². The van der Waals surface area contributed by atoms with Gasteiger partial charge in [-0.3, -0.25) is 0 Å². The van der Waals surface area contributed by atoms with Gasteiger partial charge in [0.1, 0.15) is 12.6 Å². The van der Waals surface area contributed by atoms with Crippen LogP contribution in [0, 0.1) is 0 Å². The average Bonchev–Trinajstić information content (AvgIpc) is 2.61. The van der Waals surface area contributed by atoms with Crippen LogP contribution in [0.15, 0.2) is 30.3 Å². The molecule has 1 amide bonds. The van der Waals surface area contributed by atoms with Crippen molar-refractivity contribution in [1.29, 1.82) is 0 Å². The Morgan fingerprint density at radius 2 is 1.71 bits per heavy atom. The molecule has 0 aliphatic heterocycles. The molecule has 1 N–H and O–H groups in total. The molecule has 24 heavy (non-hydrogen) atoms. The Hall–Kier alpha value is -2.04. The lowest BCUT2D eigenvalue weighted by Gasteiger charge is -2.17. The molecule has 0 aliphatic rings. The molecule has 0 bridgehead atoms. The summed E-state index contributed by atoms with van der Waals surface area (Å²) in [5.41, 5.74) is 0.903. The quantitative estimate of drug-likeness (QED) is 0.486. The average molecular weight is 335 g/mol. The van der Waals surface area contributed by atoms with Crippen molar-refractivity contribution in [3.63, 3.8) is 0 Å². The number of carbonyl (C=O) groups is 2. The number of rotatable bonds is 11. The maximum absolute atomic E-state index is 12.1. The first-order chi connectivity index (χ1) is 11.7. The molecule has 0 aliphatic carbocycles. The molecule has 0 saturated heterocycles. The van der Waals surface area contributed by atoms with Crippen molar-refractivity contribution in [3.8, 4) is 0 Å². The van der Waals surface area contributed by atoms with Crippen molar-refractivity contribution in [1.82, 2.24) is 5.32 Å². The standard InChI is InChI=1S/C19H29NO4/c1-3-5-10-14-23-18(21)17(13-6-4-2)20-19(22)24-15-16-11-8-7-9-12-16/h7-9,11-12,17H,3-6,10,13-15H2,1-2H3,(H,20,22). The van der Waals surface area contributed by atoms with Gasteiger partial charge in [0.2, 0.25) is 0 Å². The van der Waals surface area contributed by atoms with Crippen LogP contribution in [0.1, 0.15) is 57.9 Å². The third-order valence-corrected chi connectivity index (χ3v) is 3.63. The second kappa shape index (κ2) is 12.4. The van der Waals surface area contributed by atoms with E-state index in [0.29, 0.717) is 13.0 Å². The largest absolute Gasteiger partial charge is 0.464 e. The summed E-state index contributed by atoms with van der Waals surface area (Å²) in [5, 5.41) is 2.63. The van der Waals surface area contributed by atoms with Crippen LogP contribution in [0.2, 0.25) is 0 Å². The maximum atomic E-state index is 12.1. The Morgan fingerprint density at radius 3 is 2.38 bits per heavy atom. The fourth-order valence-corrected chi connectivity index (χ4v) is 2.19. The molecule has 0 fully saturated rings. The summed E-state index contributed by atoms with van der Waals surface area (Å²) in [7, 11) is 0. The third kappa shape index (κ3) is 8.56. The lowest BCUT2D eigenvalue weighted by Crippen LogP contribution is -2.42. The van der Waals surface area contributed by atoms with Gasteiger partial charge in [-0.2, -0.15) is 0 Å². The number of benzene rings is 1. The van der Waals surface area contributed by atoms with Crippen LogP contribution in [0.25, 0.3) is 0 Å². The summed E-state index contributed by atoms with van der Waals surface area (Å²) in [6.45, 7) is 4.71. The highest BCUT2D eigenvalue weighted by atomic mass is 16.6. The molecule has 0 heterocycles. The number of nitrogens with one attached hydrogen (secondary N) is 1. The van der Waals surface area contributed by atoms with Crippen molar-refractivity contribution in [2.75, 3.05) is 6.61 Å². The van der Waals surface area contributed by atoms with Crippen LogP contribution in [0.4, 0.5) is 4.79 Å². The zero-order valence-electron chi connectivity index (χ0n) is 14.8. The predicted molar refractivity (Wildman–Crippen MR) is 93.6 cm³/mol. The van der Waals surface area contributed by atoms with Crippen molar-refractivity contribution in [2.24, 2.45) is 0 Å². The molecular formula is C19H29NO4. The number of amides is 1. The lowest BCUT2D eigenvalue weighted by molar-refractivity contribution is -0.146. The summed E-state index contributed by atoms with van der Waals surface area (Å²) in [6, 6.07) is 8.78. The van der Waals surface area contributed by atoms with Crippen molar-refractivity contribution in [3.05, 3.63) is 35.9 Å². The number of ether oxygens (including phenoxy) is 2. The zero-order chi connectivity index (χ0) is 17.6. The van der Waals surface area contributed by atoms with Crippen LogP contribution < -0.4 is 5.32 Å². The van der Waals surface area contributed by atoms with Crippen LogP contribution in [0.3, 0.4) is 0 Å². The number of esters is 1. The van der Waals surface area contributed by atoms with Gasteiger partial charge in [0, 0.05) is 0 Å². The Bertz CT molecular complexity index is 476. The number of alkyl carbamates (subject to hydrolysis) is 1. The van der Waals surface area contributed by atoms with Gasteiger partial charge in [-0.05, 0) is 18.4 Å². The molecule has 1 atom stereocenters. The maximum Gasteiger partial charge on any atom is 0.408 e. The van der Waals surface area contributed by atoms with E-state index in [0.717, 1.165) is 37.7 Å². The summed E-state index contributed by atoms with van der Waals surface area (Å²) in [5.74, 6) is -0.379. The van der Waals surface area contributed by atoms with Gasteiger partial charge in [0.25, 0.3) is 0 Å². The van der Waals surface area contributed by atoms with E-state index in [2.05, 4.69) is 12.2 Å². The highest BCUT2D eigenvalue weighted by Crippen LogP contribution is 2.06. The summed E-state index contributed by atoms with van der Waals surface area (Å²) >= 11 is 0. The van der Waals surface area contributed by atoms with Gasteiger partial charge < -0.3 is 14.8 Å². The van der Waals surface area contributed by atoms with E-state index in [4.69, 9.17) is 9.47 Å². The predicted octanol–water partition coefficient (Wildman–Crippen LogP) is 4.21. The normalized spacial score (nSPS) is 11.6. The SMILES string of the molecule is CCCCCOC(=O)C(CCCC)NC(=O)OCc1ccccc1. The smallest absolute Gasteiger partial charge is 0.408 e. The van der Waals surface area contributed by atoms with E-state index >= 15 is 0 Å². The Labute approximate surface area is 144 Å². The first kappa shape index (κ1) is 20.0. The minimum absolute atomic E-state index is 0.179. The van der Waals surface area contributed by atoms with Crippen LogP contribution in [0.5, 0.6) is 0 Å². The van der Waals surface area contributed by atoms with Crippen molar-refractivity contribution >= 4 is 12.1 Å². The van der Waals surface area contributed by atoms with Crippen LogP contribution in [-0.4, -0.2) is 24.7 Å². The van der Waals surface area contributed by atoms with E-state index < -0.39 is 12.1 Å². The number of carbonyl (C=O) groups excluding carboxylic acids is 2. The Balaban J connectivity index is 2.42.